The van der Waals surface area contributed by atoms with E-state index >= 15 is 0 Å². The van der Waals surface area contributed by atoms with Crippen LogP contribution in [0.2, 0.25) is 0 Å². The monoisotopic (exact) mass is 292 g/mol. The summed E-state index contributed by atoms with van der Waals surface area (Å²) in [7, 11) is 0. The minimum absolute atomic E-state index is 0.0869. The molecule has 0 fully saturated rings. The average molecular weight is 292 g/mol. The van der Waals surface area contributed by atoms with Gasteiger partial charge in [0.25, 0.3) is 5.69 Å². The fraction of sp³-hybridized carbons (Fsp3) is 0. The van der Waals surface area contributed by atoms with Crippen LogP contribution in [0.25, 0.3) is 21.8 Å². The second-order valence-corrected chi connectivity index (χ2v) is 4.59. The molecule has 108 valence electrons. The first-order valence-electron chi connectivity index (χ1n) is 6.61. The predicted molar refractivity (Wildman–Crippen MR) is 84.5 cm³/mol. The molecule has 0 aliphatic heterocycles. The summed E-state index contributed by atoms with van der Waals surface area (Å²) in [5.41, 5.74) is 1.95. The summed E-state index contributed by atoms with van der Waals surface area (Å²) >= 11 is 0. The van der Waals surface area contributed by atoms with E-state index in [1.165, 1.54) is 17.5 Å². The highest BCUT2D eigenvalue weighted by Crippen LogP contribution is 2.17. The summed E-state index contributed by atoms with van der Waals surface area (Å²) in [6, 6.07) is 16.7. The molecule has 0 spiro atoms. The van der Waals surface area contributed by atoms with Crippen LogP contribution in [-0.2, 0) is 0 Å². The molecule has 0 amide bonds. The molecular weight excluding hydrogens is 280 g/mol. The number of benzene rings is 2. The minimum Gasteiger partial charge on any atom is -0.278 e. The van der Waals surface area contributed by atoms with Crippen molar-refractivity contribution in [2.75, 3.05) is 0 Å². The van der Waals surface area contributed by atoms with Crippen molar-refractivity contribution in [1.82, 2.24) is 15.2 Å². The van der Waals surface area contributed by atoms with Crippen LogP contribution in [0.1, 0.15) is 0 Å². The van der Waals surface area contributed by atoms with Crippen molar-refractivity contribution >= 4 is 27.5 Å². The number of para-hydroxylation sites is 1. The van der Waals surface area contributed by atoms with Gasteiger partial charge in [-0.2, -0.15) is 5.10 Å². The van der Waals surface area contributed by atoms with Crippen molar-refractivity contribution in [1.29, 1.82) is 0 Å². The lowest BCUT2D eigenvalue weighted by molar-refractivity contribution is -0.384. The Balaban J connectivity index is 0.000000133. The van der Waals surface area contributed by atoms with E-state index in [-0.39, 0.29) is 5.69 Å². The van der Waals surface area contributed by atoms with E-state index in [1.54, 1.807) is 12.3 Å². The van der Waals surface area contributed by atoms with Gasteiger partial charge in [-0.1, -0.05) is 24.3 Å². The van der Waals surface area contributed by atoms with Gasteiger partial charge in [0.2, 0.25) is 0 Å². The van der Waals surface area contributed by atoms with E-state index in [2.05, 4.69) is 27.3 Å². The summed E-state index contributed by atoms with van der Waals surface area (Å²) in [6.45, 7) is 0. The van der Waals surface area contributed by atoms with Gasteiger partial charge in [-0.25, -0.2) is 0 Å². The van der Waals surface area contributed by atoms with Gasteiger partial charge in [-0.3, -0.25) is 20.2 Å². The second-order valence-electron chi connectivity index (χ2n) is 4.59. The number of non-ortho nitro benzene ring substituents is 1. The van der Waals surface area contributed by atoms with Crippen LogP contribution in [-0.4, -0.2) is 20.1 Å². The van der Waals surface area contributed by atoms with Crippen LogP contribution >= 0.6 is 0 Å². The molecule has 2 heterocycles. The Hall–Kier alpha value is -3.28. The van der Waals surface area contributed by atoms with E-state index in [0.717, 1.165) is 16.4 Å². The molecule has 0 unspecified atom stereocenters. The van der Waals surface area contributed by atoms with Crippen molar-refractivity contribution in [3.63, 3.8) is 0 Å². The lowest BCUT2D eigenvalue weighted by Crippen LogP contribution is -1.86. The number of nitro groups is 1. The molecule has 0 aliphatic rings. The lowest BCUT2D eigenvalue weighted by atomic mass is 10.2. The van der Waals surface area contributed by atoms with Crippen LogP contribution in [0.15, 0.2) is 67.0 Å². The van der Waals surface area contributed by atoms with Crippen molar-refractivity contribution in [2.45, 2.75) is 0 Å². The van der Waals surface area contributed by atoms with Gasteiger partial charge < -0.3 is 0 Å². The van der Waals surface area contributed by atoms with Crippen LogP contribution < -0.4 is 0 Å². The molecule has 0 saturated carbocycles. The van der Waals surface area contributed by atoms with Crippen LogP contribution in [0.5, 0.6) is 0 Å². The number of rotatable bonds is 1. The highest BCUT2D eigenvalue weighted by atomic mass is 16.6. The van der Waals surface area contributed by atoms with Crippen molar-refractivity contribution in [3.05, 3.63) is 77.1 Å². The normalized spacial score (nSPS) is 10.2. The van der Waals surface area contributed by atoms with Crippen molar-refractivity contribution in [2.24, 2.45) is 0 Å². The first kappa shape index (κ1) is 13.7. The molecular formula is C16H12N4O2. The number of H-pyrrole nitrogens is 1. The first-order chi connectivity index (χ1) is 10.7. The Morgan fingerprint density at radius 2 is 1.82 bits per heavy atom. The maximum atomic E-state index is 10.3. The quantitative estimate of drug-likeness (QED) is 0.428. The number of nitrogens with zero attached hydrogens (tertiary/aromatic N) is 3. The molecule has 0 aliphatic carbocycles. The molecule has 0 saturated heterocycles. The lowest BCUT2D eigenvalue weighted by Gasteiger charge is -1.91. The Kier molecular flexibility index (Phi) is 3.74. The topological polar surface area (TPSA) is 84.7 Å². The molecule has 2 aromatic carbocycles. The zero-order chi connectivity index (χ0) is 15.4. The van der Waals surface area contributed by atoms with E-state index in [1.807, 2.05) is 30.5 Å². The summed E-state index contributed by atoms with van der Waals surface area (Å²) in [5, 5.41) is 18.8. The van der Waals surface area contributed by atoms with Gasteiger partial charge in [0.15, 0.2) is 0 Å². The second kappa shape index (κ2) is 6.01. The Bertz CT molecular complexity index is 868. The fourth-order valence-corrected chi connectivity index (χ4v) is 2.06. The molecule has 2 aromatic heterocycles. The molecule has 1 N–H and O–H groups in total. The Morgan fingerprint density at radius 3 is 2.64 bits per heavy atom. The van der Waals surface area contributed by atoms with Gasteiger partial charge in [0.1, 0.15) is 0 Å². The van der Waals surface area contributed by atoms with Gasteiger partial charge >= 0.3 is 0 Å². The standard InChI is InChI=1S/C9H7N.C7H5N3O2/c1-2-6-9-8(4-1)5-3-7-10-9;11-10(12)6-1-2-7-5(3-6)4-8-9-7/h1-7H;1-4H,(H,8,9). The molecule has 0 radical (unpaired) electrons. The maximum absolute atomic E-state index is 10.3. The minimum atomic E-state index is -0.424. The third kappa shape index (κ3) is 2.90. The summed E-state index contributed by atoms with van der Waals surface area (Å²) < 4.78 is 0. The SMILES string of the molecule is O=[N+]([O-])c1ccc2[nH]ncc2c1.c1ccc2ncccc2c1. The van der Waals surface area contributed by atoms with Crippen molar-refractivity contribution < 1.29 is 4.92 Å². The van der Waals surface area contributed by atoms with Gasteiger partial charge in [-0.15, -0.1) is 0 Å². The molecule has 4 aromatic rings. The van der Waals surface area contributed by atoms with Crippen LogP contribution in [0.4, 0.5) is 5.69 Å². The highest BCUT2D eigenvalue weighted by molar-refractivity contribution is 5.80. The summed E-state index contributed by atoms with van der Waals surface area (Å²) in [5.74, 6) is 0. The third-order valence-electron chi connectivity index (χ3n) is 3.15. The molecule has 22 heavy (non-hydrogen) atoms. The number of nitro benzene ring substituents is 1. The number of pyridine rings is 1. The number of nitrogens with one attached hydrogen (secondary N) is 1. The molecule has 4 rings (SSSR count). The van der Waals surface area contributed by atoms with Crippen LogP contribution in [0, 0.1) is 10.1 Å². The molecule has 6 heteroatoms. The number of fused-ring (bicyclic) bond motifs is 2. The summed E-state index contributed by atoms with van der Waals surface area (Å²) in [6.07, 6.45) is 3.37. The molecule has 0 bridgehead atoms. The molecule has 0 atom stereocenters. The third-order valence-corrected chi connectivity index (χ3v) is 3.15. The first-order valence-corrected chi connectivity index (χ1v) is 6.61. The van der Waals surface area contributed by atoms with E-state index < -0.39 is 4.92 Å². The van der Waals surface area contributed by atoms with E-state index in [4.69, 9.17) is 0 Å². The number of hydrogen-bond acceptors (Lipinski definition) is 4. The largest absolute Gasteiger partial charge is 0.278 e. The van der Waals surface area contributed by atoms with Crippen molar-refractivity contribution in [3.8, 4) is 0 Å². The van der Waals surface area contributed by atoms with E-state index in [0.29, 0.717) is 0 Å². The van der Waals surface area contributed by atoms with Gasteiger partial charge in [-0.05, 0) is 18.2 Å². The molecule has 6 nitrogen and oxygen atoms in total. The van der Waals surface area contributed by atoms with Crippen LogP contribution in [0.3, 0.4) is 0 Å². The fourth-order valence-electron chi connectivity index (χ4n) is 2.06. The number of aromatic amines is 1. The maximum Gasteiger partial charge on any atom is 0.270 e. The number of aromatic nitrogens is 3. The Morgan fingerprint density at radius 1 is 1.00 bits per heavy atom. The van der Waals surface area contributed by atoms with Gasteiger partial charge in [0.05, 0.1) is 22.2 Å². The van der Waals surface area contributed by atoms with E-state index in [9.17, 15) is 10.1 Å². The zero-order valence-electron chi connectivity index (χ0n) is 11.5. The van der Waals surface area contributed by atoms with Gasteiger partial charge in [0, 0.05) is 29.1 Å². The smallest absolute Gasteiger partial charge is 0.270 e. The average Bonchev–Trinajstić information content (AvgIpc) is 3.03. The zero-order valence-corrected chi connectivity index (χ0v) is 11.5. The number of hydrogen-bond donors (Lipinski definition) is 1. The predicted octanol–water partition coefficient (Wildman–Crippen LogP) is 3.71. The Labute approximate surface area is 125 Å². The highest BCUT2D eigenvalue weighted by Gasteiger charge is 2.05. The summed E-state index contributed by atoms with van der Waals surface area (Å²) in [4.78, 5) is 14.1.